The number of rotatable bonds is 5. The van der Waals surface area contributed by atoms with Crippen molar-refractivity contribution in [2.45, 2.75) is 26.2 Å². The van der Waals surface area contributed by atoms with Crippen LogP contribution in [0.25, 0.3) is 10.9 Å². The second kappa shape index (κ2) is 5.83. The minimum Gasteiger partial charge on any atom is -0.497 e. The average molecular weight is 244 g/mol. The lowest BCUT2D eigenvalue weighted by Crippen LogP contribution is -2.00. The van der Waals surface area contributed by atoms with Crippen molar-refractivity contribution in [3.05, 3.63) is 35.5 Å². The van der Waals surface area contributed by atoms with Gasteiger partial charge in [-0.25, -0.2) is 0 Å². The largest absolute Gasteiger partial charge is 0.497 e. The van der Waals surface area contributed by atoms with Crippen molar-refractivity contribution in [3.8, 4) is 5.75 Å². The third kappa shape index (κ3) is 2.79. The van der Waals surface area contributed by atoms with Crippen LogP contribution in [0.15, 0.2) is 24.3 Å². The van der Waals surface area contributed by atoms with Gasteiger partial charge in [0.2, 0.25) is 0 Å². The minimum absolute atomic E-state index is 0.754. The number of benzene rings is 1. The molecule has 0 fully saturated rings. The first-order valence-electron chi connectivity index (χ1n) is 6.39. The summed E-state index contributed by atoms with van der Waals surface area (Å²) >= 11 is 0. The summed E-state index contributed by atoms with van der Waals surface area (Å²) in [5.41, 5.74) is 8.95. The van der Waals surface area contributed by atoms with Gasteiger partial charge in [0.25, 0.3) is 0 Å². The fourth-order valence-electron chi connectivity index (χ4n) is 2.15. The molecule has 0 saturated carbocycles. The number of fused-ring (bicyclic) bond motifs is 1. The van der Waals surface area contributed by atoms with Crippen LogP contribution in [0.3, 0.4) is 0 Å². The van der Waals surface area contributed by atoms with E-state index in [-0.39, 0.29) is 0 Å². The van der Waals surface area contributed by atoms with Crippen LogP contribution < -0.4 is 10.5 Å². The molecule has 0 aliphatic carbocycles. The number of nitrogens with zero attached hydrogens (tertiary/aromatic N) is 1. The van der Waals surface area contributed by atoms with Crippen molar-refractivity contribution >= 4 is 10.9 Å². The maximum atomic E-state index is 5.51. The van der Waals surface area contributed by atoms with Gasteiger partial charge < -0.3 is 10.5 Å². The summed E-state index contributed by atoms with van der Waals surface area (Å²) in [4.78, 5) is 4.69. The first-order chi connectivity index (χ1) is 8.74. The van der Waals surface area contributed by atoms with Gasteiger partial charge in [-0.05, 0) is 62.6 Å². The molecule has 0 bridgehead atoms. The Balaban J connectivity index is 2.31. The Kier molecular flexibility index (Phi) is 4.15. The van der Waals surface area contributed by atoms with E-state index in [0.717, 1.165) is 48.2 Å². The molecule has 2 N–H and O–H groups in total. The van der Waals surface area contributed by atoms with E-state index >= 15 is 0 Å². The zero-order valence-electron chi connectivity index (χ0n) is 11.1. The smallest absolute Gasteiger partial charge is 0.119 e. The number of ether oxygens (including phenoxy) is 1. The molecule has 0 radical (unpaired) electrons. The number of pyridine rings is 1. The van der Waals surface area contributed by atoms with E-state index in [2.05, 4.69) is 18.0 Å². The zero-order valence-corrected chi connectivity index (χ0v) is 11.1. The van der Waals surface area contributed by atoms with Crippen molar-refractivity contribution in [1.82, 2.24) is 4.98 Å². The van der Waals surface area contributed by atoms with Crippen molar-refractivity contribution < 1.29 is 4.74 Å². The number of unbranched alkanes of at least 4 members (excludes halogenated alkanes) is 1. The Labute approximate surface area is 108 Å². The first kappa shape index (κ1) is 12.8. The Bertz CT molecular complexity index is 537. The molecule has 0 aliphatic rings. The van der Waals surface area contributed by atoms with Gasteiger partial charge in [0.05, 0.1) is 12.6 Å². The van der Waals surface area contributed by atoms with Crippen LogP contribution in [0, 0.1) is 6.92 Å². The van der Waals surface area contributed by atoms with Crippen LogP contribution >= 0.6 is 0 Å². The summed E-state index contributed by atoms with van der Waals surface area (Å²) in [5.74, 6) is 0.878. The Morgan fingerprint density at radius 3 is 2.78 bits per heavy atom. The molecule has 0 atom stereocenters. The third-order valence-corrected chi connectivity index (χ3v) is 3.16. The quantitative estimate of drug-likeness (QED) is 0.823. The molecule has 0 spiro atoms. The SMILES string of the molecule is COc1ccc2nc(CCCCN)cc(C)c2c1. The Hall–Kier alpha value is -1.61. The number of aromatic nitrogens is 1. The highest BCUT2D eigenvalue weighted by molar-refractivity contribution is 5.83. The van der Waals surface area contributed by atoms with Crippen LogP contribution in [-0.4, -0.2) is 18.6 Å². The topological polar surface area (TPSA) is 48.1 Å². The van der Waals surface area contributed by atoms with Crippen molar-refractivity contribution in [1.29, 1.82) is 0 Å². The molecule has 0 aliphatic heterocycles. The second-order valence-electron chi connectivity index (χ2n) is 4.56. The van der Waals surface area contributed by atoms with E-state index in [4.69, 9.17) is 10.5 Å². The number of methoxy groups -OCH3 is 1. The van der Waals surface area contributed by atoms with Gasteiger partial charge in [-0.15, -0.1) is 0 Å². The second-order valence-corrected chi connectivity index (χ2v) is 4.56. The molecule has 0 amide bonds. The summed E-state index contributed by atoms with van der Waals surface area (Å²) in [7, 11) is 1.69. The van der Waals surface area contributed by atoms with E-state index in [0.29, 0.717) is 0 Å². The number of hydrogen-bond donors (Lipinski definition) is 1. The fourth-order valence-corrected chi connectivity index (χ4v) is 2.15. The van der Waals surface area contributed by atoms with E-state index in [9.17, 15) is 0 Å². The number of aryl methyl sites for hydroxylation is 2. The highest BCUT2D eigenvalue weighted by Gasteiger charge is 2.04. The first-order valence-corrected chi connectivity index (χ1v) is 6.39. The summed E-state index contributed by atoms with van der Waals surface area (Å²) in [6, 6.07) is 8.19. The highest BCUT2D eigenvalue weighted by atomic mass is 16.5. The normalized spacial score (nSPS) is 10.8. The molecular formula is C15H20N2O. The Morgan fingerprint density at radius 2 is 2.06 bits per heavy atom. The lowest BCUT2D eigenvalue weighted by atomic mass is 10.1. The van der Waals surface area contributed by atoms with Crippen LogP contribution in [-0.2, 0) is 6.42 Å². The monoisotopic (exact) mass is 244 g/mol. The van der Waals surface area contributed by atoms with Gasteiger partial charge in [0.15, 0.2) is 0 Å². The van der Waals surface area contributed by atoms with Gasteiger partial charge in [0, 0.05) is 11.1 Å². The predicted molar refractivity (Wildman–Crippen MR) is 75.0 cm³/mol. The van der Waals surface area contributed by atoms with Gasteiger partial charge >= 0.3 is 0 Å². The summed E-state index contributed by atoms with van der Waals surface area (Å²) < 4.78 is 5.25. The van der Waals surface area contributed by atoms with E-state index in [1.54, 1.807) is 7.11 Å². The summed E-state index contributed by atoms with van der Waals surface area (Å²) in [5, 5.41) is 1.16. The molecule has 2 rings (SSSR count). The van der Waals surface area contributed by atoms with Crippen LogP contribution in [0.1, 0.15) is 24.1 Å². The summed E-state index contributed by atoms with van der Waals surface area (Å²) in [6.07, 6.45) is 3.16. The van der Waals surface area contributed by atoms with Crippen molar-refractivity contribution in [2.24, 2.45) is 5.73 Å². The number of hydrogen-bond acceptors (Lipinski definition) is 3. The molecule has 3 nitrogen and oxygen atoms in total. The third-order valence-electron chi connectivity index (χ3n) is 3.16. The highest BCUT2D eigenvalue weighted by Crippen LogP contribution is 2.23. The molecule has 0 saturated heterocycles. The van der Waals surface area contributed by atoms with E-state index in [1.807, 2.05) is 18.2 Å². The Morgan fingerprint density at radius 1 is 1.22 bits per heavy atom. The average Bonchev–Trinajstić information content (AvgIpc) is 2.39. The standard InChI is InChI=1S/C15H20N2O/c1-11-9-12(5-3-4-8-16)17-15-7-6-13(18-2)10-14(11)15/h6-7,9-10H,3-5,8,16H2,1-2H3. The van der Waals surface area contributed by atoms with Crippen LogP contribution in [0.2, 0.25) is 0 Å². The van der Waals surface area contributed by atoms with Crippen LogP contribution in [0.5, 0.6) is 5.75 Å². The maximum absolute atomic E-state index is 5.51. The van der Waals surface area contributed by atoms with Gasteiger partial charge in [-0.3, -0.25) is 4.98 Å². The zero-order chi connectivity index (χ0) is 13.0. The van der Waals surface area contributed by atoms with E-state index < -0.39 is 0 Å². The maximum Gasteiger partial charge on any atom is 0.119 e. The fraction of sp³-hybridized carbons (Fsp3) is 0.400. The molecule has 18 heavy (non-hydrogen) atoms. The molecule has 1 aromatic heterocycles. The van der Waals surface area contributed by atoms with Gasteiger partial charge in [0.1, 0.15) is 5.75 Å². The molecule has 1 aromatic carbocycles. The molecular weight excluding hydrogens is 224 g/mol. The van der Waals surface area contributed by atoms with Crippen LogP contribution in [0.4, 0.5) is 0 Å². The molecule has 0 unspecified atom stereocenters. The van der Waals surface area contributed by atoms with E-state index in [1.165, 1.54) is 5.56 Å². The van der Waals surface area contributed by atoms with Gasteiger partial charge in [-0.1, -0.05) is 0 Å². The molecule has 3 heteroatoms. The number of nitrogens with two attached hydrogens (primary N) is 1. The van der Waals surface area contributed by atoms with Crippen molar-refractivity contribution in [3.63, 3.8) is 0 Å². The lowest BCUT2D eigenvalue weighted by molar-refractivity contribution is 0.415. The summed E-state index contributed by atoms with van der Waals surface area (Å²) in [6.45, 7) is 2.87. The molecule has 96 valence electrons. The lowest BCUT2D eigenvalue weighted by Gasteiger charge is -2.08. The van der Waals surface area contributed by atoms with Gasteiger partial charge in [-0.2, -0.15) is 0 Å². The van der Waals surface area contributed by atoms with Crippen molar-refractivity contribution in [2.75, 3.05) is 13.7 Å². The predicted octanol–water partition coefficient (Wildman–Crippen LogP) is 2.83. The minimum atomic E-state index is 0.754. The molecule has 2 aromatic rings. The molecule has 1 heterocycles.